The summed E-state index contributed by atoms with van der Waals surface area (Å²) in [6, 6.07) is 13.0. The first-order valence-electron chi connectivity index (χ1n) is 8.59. The van der Waals surface area contributed by atoms with E-state index >= 15 is 0 Å². The number of esters is 1. The van der Waals surface area contributed by atoms with Gasteiger partial charge in [-0.15, -0.1) is 0 Å². The van der Waals surface area contributed by atoms with E-state index in [1.807, 2.05) is 24.3 Å². The molecule has 1 aliphatic rings. The molecule has 1 aliphatic heterocycles. The molecule has 2 amide bonds. The zero-order valence-electron chi connectivity index (χ0n) is 14.8. The van der Waals surface area contributed by atoms with Crippen molar-refractivity contribution in [3.63, 3.8) is 0 Å². The Morgan fingerprint density at radius 2 is 1.85 bits per heavy atom. The van der Waals surface area contributed by atoms with Crippen LogP contribution in [0.5, 0.6) is 0 Å². The van der Waals surface area contributed by atoms with E-state index in [1.54, 1.807) is 4.90 Å². The smallest absolute Gasteiger partial charge is 0.326 e. The summed E-state index contributed by atoms with van der Waals surface area (Å²) in [5.74, 6) is -2.50. The van der Waals surface area contributed by atoms with Crippen LogP contribution in [0.3, 0.4) is 0 Å². The molecule has 2 aromatic carbocycles. The van der Waals surface area contributed by atoms with Crippen molar-refractivity contribution < 1.29 is 23.5 Å². The van der Waals surface area contributed by atoms with Gasteiger partial charge in [0, 0.05) is 12.2 Å². The standard InChI is InChI=1S/C20H19FN2O4/c1-13(20(26)23-11-10-14-6-2-5-9-17(14)23)27-18(24)12-22-19(25)15-7-3-4-8-16(15)21/h2-9,13H,10-12H2,1H3,(H,22,25)/t13-/m1/s1. The average Bonchev–Trinajstić information content (AvgIpc) is 3.10. The lowest BCUT2D eigenvalue weighted by Crippen LogP contribution is -2.41. The highest BCUT2D eigenvalue weighted by Crippen LogP contribution is 2.28. The molecule has 1 N–H and O–H groups in total. The van der Waals surface area contributed by atoms with Gasteiger partial charge >= 0.3 is 5.97 Å². The van der Waals surface area contributed by atoms with Crippen molar-refractivity contribution in [3.8, 4) is 0 Å². The first kappa shape index (κ1) is 18.6. The number of ether oxygens (including phenoxy) is 1. The first-order chi connectivity index (χ1) is 13.0. The third kappa shape index (κ3) is 4.13. The number of nitrogens with zero attached hydrogens (tertiary/aromatic N) is 1. The second kappa shape index (κ2) is 7.99. The number of fused-ring (bicyclic) bond motifs is 1. The Bertz CT molecular complexity index is 884. The molecule has 0 aromatic heterocycles. The van der Waals surface area contributed by atoms with Crippen molar-refractivity contribution in [1.82, 2.24) is 5.32 Å². The lowest BCUT2D eigenvalue weighted by Gasteiger charge is -2.21. The van der Waals surface area contributed by atoms with Gasteiger partial charge in [-0.3, -0.25) is 14.4 Å². The Balaban J connectivity index is 1.53. The fraction of sp³-hybridized carbons (Fsp3) is 0.250. The number of anilines is 1. The summed E-state index contributed by atoms with van der Waals surface area (Å²) >= 11 is 0. The molecule has 0 unspecified atom stereocenters. The van der Waals surface area contributed by atoms with Gasteiger partial charge in [-0.1, -0.05) is 30.3 Å². The first-order valence-corrected chi connectivity index (χ1v) is 8.59. The van der Waals surface area contributed by atoms with Crippen LogP contribution in [0.4, 0.5) is 10.1 Å². The minimum Gasteiger partial charge on any atom is -0.451 e. The van der Waals surface area contributed by atoms with E-state index < -0.39 is 30.3 Å². The summed E-state index contributed by atoms with van der Waals surface area (Å²) in [6.07, 6.45) is -0.240. The second-order valence-electron chi connectivity index (χ2n) is 6.16. The lowest BCUT2D eigenvalue weighted by molar-refractivity contribution is -0.152. The van der Waals surface area contributed by atoms with Gasteiger partial charge < -0.3 is 15.0 Å². The van der Waals surface area contributed by atoms with Crippen molar-refractivity contribution in [2.75, 3.05) is 18.0 Å². The summed E-state index contributed by atoms with van der Waals surface area (Å²) in [6.45, 7) is 1.56. The highest BCUT2D eigenvalue weighted by atomic mass is 19.1. The van der Waals surface area contributed by atoms with Gasteiger partial charge in [-0.2, -0.15) is 0 Å². The van der Waals surface area contributed by atoms with Gasteiger partial charge in [-0.25, -0.2) is 4.39 Å². The molecule has 140 valence electrons. The molecular formula is C20H19FN2O4. The molecule has 3 rings (SSSR count). The molecule has 0 bridgehead atoms. The zero-order chi connectivity index (χ0) is 19.4. The van der Waals surface area contributed by atoms with Gasteiger partial charge in [0.25, 0.3) is 11.8 Å². The molecular weight excluding hydrogens is 351 g/mol. The number of benzene rings is 2. The van der Waals surface area contributed by atoms with Crippen LogP contribution in [0, 0.1) is 5.82 Å². The van der Waals surface area contributed by atoms with Crippen molar-refractivity contribution in [3.05, 3.63) is 65.5 Å². The summed E-state index contributed by atoms with van der Waals surface area (Å²) < 4.78 is 18.7. The highest BCUT2D eigenvalue weighted by molar-refractivity contribution is 5.99. The van der Waals surface area contributed by atoms with Gasteiger partial charge in [0.05, 0.1) is 5.56 Å². The molecule has 0 radical (unpaired) electrons. The van der Waals surface area contributed by atoms with Crippen LogP contribution in [-0.4, -0.2) is 37.0 Å². The maximum atomic E-state index is 13.5. The van der Waals surface area contributed by atoms with Crippen molar-refractivity contribution in [2.45, 2.75) is 19.4 Å². The quantitative estimate of drug-likeness (QED) is 0.818. The third-order valence-corrected chi connectivity index (χ3v) is 4.32. The van der Waals surface area contributed by atoms with E-state index in [0.29, 0.717) is 6.54 Å². The van der Waals surface area contributed by atoms with Crippen LogP contribution in [0.15, 0.2) is 48.5 Å². The Morgan fingerprint density at radius 3 is 2.63 bits per heavy atom. The average molecular weight is 370 g/mol. The summed E-state index contributed by atoms with van der Waals surface area (Å²) in [7, 11) is 0. The minimum absolute atomic E-state index is 0.164. The normalized spacial score (nSPS) is 13.6. The van der Waals surface area contributed by atoms with Crippen molar-refractivity contribution in [1.29, 1.82) is 0 Å². The Kier molecular flexibility index (Phi) is 5.49. The molecule has 0 spiro atoms. The molecule has 27 heavy (non-hydrogen) atoms. The number of nitrogens with one attached hydrogen (secondary N) is 1. The topological polar surface area (TPSA) is 75.7 Å². The van der Waals surface area contributed by atoms with Crippen LogP contribution in [0.25, 0.3) is 0 Å². The van der Waals surface area contributed by atoms with E-state index in [4.69, 9.17) is 4.74 Å². The number of rotatable bonds is 5. The fourth-order valence-electron chi connectivity index (χ4n) is 2.97. The zero-order valence-corrected chi connectivity index (χ0v) is 14.8. The number of carbonyl (C=O) groups excluding carboxylic acids is 3. The molecule has 1 atom stereocenters. The predicted molar refractivity (Wildman–Crippen MR) is 96.8 cm³/mol. The van der Waals surface area contributed by atoms with Gasteiger partial charge in [0.2, 0.25) is 0 Å². The Morgan fingerprint density at radius 1 is 1.15 bits per heavy atom. The second-order valence-corrected chi connectivity index (χ2v) is 6.16. The maximum Gasteiger partial charge on any atom is 0.326 e. The van der Waals surface area contributed by atoms with Gasteiger partial charge in [0.15, 0.2) is 6.10 Å². The van der Waals surface area contributed by atoms with Gasteiger partial charge in [0.1, 0.15) is 12.4 Å². The molecule has 2 aromatic rings. The van der Waals surface area contributed by atoms with Crippen LogP contribution >= 0.6 is 0 Å². The Hall–Kier alpha value is -3.22. The largest absolute Gasteiger partial charge is 0.451 e. The van der Waals surface area contributed by atoms with Crippen LogP contribution in [-0.2, 0) is 20.7 Å². The highest BCUT2D eigenvalue weighted by Gasteiger charge is 2.29. The van der Waals surface area contributed by atoms with E-state index in [-0.39, 0.29) is 11.5 Å². The number of amides is 2. The molecule has 6 nitrogen and oxygen atoms in total. The number of hydrogen-bond donors (Lipinski definition) is 1. The van der Waals surface area contributed by atoms with E-state index in [2.05, 4.69) is 5.32 Å². The summed E-state index contributed by atoms with van der Waals surface area (Å²) in [4.78, 5) is 38.0. The van der Waals surface area contributed by atoms with Crippen LogP contribution in [0.1, 0.15) is 22.8 Å². The molecule has 0 aliphatic carbocycles. The summed E-state index contributed by atoms with van der Waals surface area (Å²) in [5, 5.41) is 2.29. The van der Waals surface area contributed by atoms with Crippen LogP contribution in [0.2, 0.25) is 0 Å². The predicted octanol–water partition coefficient (Wildman–Crippen LogP) is 2.08. The van der Waals surface area contributed by atoms with E-state index in [9.17, 15) is 18.8 Å². The fourth-order valence-corrected chi connectivity index (χ4v) is 2.97. The Labute approximate surface area is 155 Å². The molecule has 0 fully saturated rings. The monoisotopic (exact) mass is 370 g/mol. The third-order valence-electron chi connectivity index (χ3n) is 4.32. The minimum atomic E-state index is -0.992. The maximum absolute atomic E-state index is 13.5. The van der Waals surface area contributed by atoms with E-state index in [0.717, 1.165) is 23.7 Å². The molecule has 0 saturated carbocycles. The number of carbonyl (C=O) groups is 3. The number of hydrogen-bond acceptors (Lipinski definition) is 4. The van der Waals surface area contributed by atoms with Crippen molar-refractivity contribution in [2.24, 2.45) is 0 Å². The number of para-hydroxylation sites is 1. The van der Waals surface area contributed by atoms with E-state index in [1.165, 1.54) is 25.1 Å². The summed E-state index contributed by atoms with van der Waals surface area (Å²) in [5.41, 5.74) is 1.72. The van der Waals surface area contributed by atoms with Crippen LogP contribution < -0.4 is 10.2 Å². The molecule has 7 heteroatoms. The molecule has 0 saturated heterocycles. The SMILES string of the molecule is C[C@@H](OC(=O)CNC(=O)c1ccccc1F)C(=O)N1CCc2ccccc21. The molecule has 1 heterocycles. The van der Waals surface area contributed by atoms with Crippen molar-refractivity contribution >= 4 is 23.5 Å². The lowest BCUT2D eigenvalue weighted by atomic mass is 10.2. The van der Waals surface area contributed by atoms with Gasteiger partial charge in [-0.05, 0) is 37.1 Å². The number of halogens is 1.